The van der Waals surface area contributed by atoms with E-state index in [1.807, 2.05) is 0 Å². The molecule has 0 aliphatic rings. The number of aromatic nitrogens is 1. The van der Waals surface area contributed by atoms with Crippen molar-refractivity contribution < 1.29 is 12.8 Å². The largest absolute Gasteiger partial charge is 0.326 e. The van der Waals surface area contributed by atoms with Gasteiger partial charge in [-0.3, -0.25) is 9.71 Å². The van der Waals surface area contributed by atoms with Gasteiger partial charge >= 0.3 is 0 Å². The van der Waals surface area contributed by atoms with E-state index in [9.17, 15) is 12.8 Å². The highest BCUT2D eigenvalue weighted by Crippen LogP contribution is 2.22. The third-order valence-corrected chi connectivity index (χ3v) is 4.46. The summed E-state index contributed by atoms with van der Waals surface area (Å²) in [7, 11) is -3.82. The van der Waals surface area contributed by atoms with Gasteiger partial charge in [-0.05, 0) is 43.2 Å². The lowest BCUT2D eigenvalue weighted by molar-refractivity contribution is 0.591. The number of nitrogens with one attached hydrogen (secondary N) is 1. The average Bonchev–Trinajstić information content (AvgIpc) is 2.44. The molecule has 7 heteroatoms. The zero-order valence-corrected chi connectivity index (χ0v) is 12.5. The molecule has 2 rings (SSSR count). The third-order valence-electron chi connectivity index (χ3n) is 3.12. The summed E-state index contributed by atoms with van der Waals surface area (Å²) in [4.78, 5) is 3.86. The Kier molecular flexibility index (Phi) is 4.24. The Morgan fingerprint density at radius 3 is 2.62 bits per heavy atom. The van der Waals surface area contributed by atoms with Crippen molar-refractivity contribution in [3.8, 4) is 0 Å². The summed E-state index contributed by atoms with van der Waals surface area (Å²) in [5.41, 5.74) is 6.97. The Morgan fingerprint density at radius 1 is 1.29 bits per heavy atom. The zero-order chi connectivity index (χ0) is 15.6. The fourth-order valence-corrected chi connectivity index (χ4v) is 3.14. The van der Waals surface area contributed by atoms with Crippen LogP contribution >= 0.6 is 0 Å². The zero-order valence-electron chi connectivity index (χ0n) is 11.7. The Morgan fingerprint density at radius 2 is 2.00 bits per heavy atom. The number of pyridine rings is 1. The number of hydrogen-bond donors (Lipinski definition) is 2. The lowest BCUT2D eigenvalue weighted by Crippen LogP contribution is -2.15. The first-order valence-electron chi connectivity index (χ1n) is 6.27. The highest BCUT2D eigenvalue weighted by molar-refractivity contribution is 7.92. The average molecular weight is 309 g/mol. The molecule has 21 heavy (non-hydrogen) atoms. The van der Waals surface area contributed by atoms with E-state index in [1.54, 1.807) is 19.2 Å². The predicted molar refractivity (Wildman–Crippen MR) is 78.8 cm³/mol. The molecule has 0 unspecified atom stereocenters. The van der Waals surface area contributed by atoms with Crippen molar-refractivity contribution in [3.63, 3.8) is 0 Å². The summed E-state index contributed by atoms with van der Waals surface area (Å²) in [6.45, 7) is 3.20. The molecule has 1 aromatic heterocycles. The number of anilines is 1. The van der Waals surface area contributed by atoms with Crippen molar-refractivity contribution >= 4 is 15.7 Å². The molecule has 3 N–H and O–H groups in total. The molecule has 0 spiro atoms. The topological polar surface area (TPSA) is 85.1 Å². The van der Waals surface area contributed by atoms with Crippen LogP contribution in [0, 0.1) is 19.7 Å². The Labute approximate surface area is 123 Å². The number of aryl methyl sites for hydroxylation is 2. The van der Waals surface area contributed by atoms with Crippen LogP contribution in [0.1, 0.15) is 16.7 Å². The first kappa shape index (κ1) is 15.4. The highest BCUT2D eigenvalue weighted by Gasteiger charge is 2.18. The molecule has 2 aromatic rings. The number of halogens is 1. The number of rotatable bonds is 4. The van der Waals surface area contributed by atoms with E-state index in [1.165, 1.54) is 25.3 Å². The quantitative estimate of drug-likeness (QED) is 0.905. The summed E-state index contributed by atoms with van der Waals surface area (Å²) >= 11 is 0. The Balaban J connectivity index is 2.45. The van der Waals surface area contributed by atoms with Crippen molar-refractivity contribution in [1.29, 1.82) is 0 Å². The highest BCUT2D eigenvalue weighted by atomic mass is 32.2. The number of nitrogens with zero attached hydrogens (tertiary/aromatic N) is 1. The molecule has 0 fully saturated rings. The summed E-state index contributed by atoms with van der Waals surface area (Å²) in [5.74, 6) is -0.478. The van der Waals surface area contributed by atoms with Crippen LogP contribution < -0.4 is 10.5 Å². The van der Waals surface area contributed by atoms with Crippen LogP contribution in [0.2, 0.25) is 0 Å². The van der Waals surface area contributed by atoms with E-state index in [0.29, 0.717) is 5.69 Å². The van der Waals surface area contributed by atoms with E-state index < -0.39 is 15.8 Å². The molecule has 1 aromatic carbocycles. The second kappa shape index (κ2) is 5.79. The molecular formula is C14H16FN3O2S. The maximum Gasteiger partial charge on any atom is 0.261 e. The van der Waals surface area contributed by atoms with E-state index in [0.717, 1.165) is 5.56 Å². The van der Waals surface area contributed by atoms with E-state index in [4.69, 9.17) is 5.73 Å². The van der Waals surface area contributed by atoms with Gasteiger partial charge in [0, 0.05) is 18.3 Å². The van der Waals surface area contributed by atoms with Gasteiger partial charge in [0.15, 0.2) is 0 Å². The van der Waals surface area contributed by atoms with Crippen LogP contribution in [0.25, 0.3) is 0 Å². The van der Waals surface area contributed by atoms with Crippen LogP contribution in [-0.4, -0.2) is 13.4 Å². The molecule has 0 atom stereocenters. The maximum absolute atomic E-state index is 13.8. The van der Waals surface area contributed by atoms with E-state index in [-0.39, 0.29) is 22.6 Å². The molecule has 5 nitrogen and oxygen atoms in total. The van der Waals surface area contributed by atoms with Crippen LogP contribution in [0.15, 0.2) is 35.5 Å². The van der Waals surface area contributed by atoms with Gasteiger partial charge in [0.25, 0.3) is 10.0 Å². The molecule has 0 aliphatic carbocycles. The number of benzene rings is 1. The van der Waals surface area contributed by atoms with Gasteiger partial charge in [0.05, 0.1) is 16.8 Å². The van der Waals surface area contributed by atoms with Gasteiger partial charge < -0.3 is 5.73 Å². The first-order valence-corrected chi connectivity index (χ1v) is 7.76. The van der Waals surface area contributed by atoms with Crippen molar-refractivity contribution in [2.24, 2.45) is 5.73 Å². The molecule has 0 saturated carbocycles. The lowest BCUT2D eigenvalue weighted by atomic mass is 10.1. The summed E-state index contributed by atoms with van der Waals surface area (Å²) < 4.78 is 41.0. The van der Waals surface area contributed by atoms with Gasteiger partial charge in [-0.1, -0.05) is 0 Å². The molecule has 1 heterocycles. The molecule has 0 amide bonds. The summed E-state index contributed by atoms with van der Waals surface area (Å²) in [5, 5.41) is 0. The van der Waals surface area contributed by atoms with Crippen molar-refractivity contribution in [2.75, 3.05) is 4.72 Å². The smallest absolute Gasteiger partial charge is 0.261 e. The van der Waals surface area contributed by atoms with Crippen LogP contribution in [0.3, 0.4) is 0 Å². The number of hydrogen-bond acceptors (Lipinski definition) is 4. The monoisotopic (exact) mass is 309 g/mol. The second-order valence-corrected chi connectivity index (χ2v) is 6.40. The summed E-state index contributed by atoms with van der Waals surface area (Å²) in [6, 6.07) is 4.22. The summed E-state index contributed by atoms with van der Waals surface area (Å²) in [6.07, 6.45) is 2.99. The standard InChI is InChI=1S/C14H16FN3O2S/c1-9-3-4-17-8-13(9)18-21(19,20)12-5-10(2)14(15)11(6-12)7-16/h3-6,8,18H,7,16H2,1-2H3. The predicted octanol–water partition coefficient (Wildman–Crippen LogP) is 2.10. The van der Waals surface area contributed by atoms with Crippen molar-refractivity contribution in [3.05, 3.63) is 53.1 Å². The normalized spacial score (nSPS) is 11.4. The minimum atomic E-state index is -3.82. The Bertz CT molecular complexity index is 776. The second-order valence-electron chi connectivity index (χ2n) is 4.71. The maximum atomic E-state index is 13.8. The molecule has 0 saturated heterocycles. The van der Waals surface area contributed by atoms with Gasteiger partial charge in [-0.25, -0.2) is 12.8 Å². The van der Waals surface area contributed by atoms with Crippen LogP contribution in [0.4, 0.5) is 10.1 Å². The van der Waals surface area contributed by atoms with Crippen molar-refractivity contribution in [2.45, 2.75) is 25.3 Å². The fourth-order valence-electron chi connectivity index (χ4n) is 1.88. The fraction of sp³-hybridized carbons (Fsp3) is 0.214. The van der Waals surface area contributed by atoms with Gasteiger partial charge in [-0.2, -0.15) is 0 Å². The molecule has 0 aliphatic heterocycles. The number of nitrogens with two attached hydrogens (primary N) is 1. The lowest BCUT2D eigenvalue weighted by Gasteiger charge is -2.12. The van der Waals surface area contributed by atoms with E-state index in [2.05, 4.69) is 9.71 Å². The molecule has 0 radical (unpaired) electrons. The van der Waals surface area contributed by atoms with Gasteiger partial charge in [-0.15, -0.1) is 0 Å². The van der Waals surface area contributed by atoms with Crippen molar-refractivity contribution in [1.82, 2.24) is 4.98 Å². The molecule has 0 bridgehead atoms. The molecular weight excluding hydrogens is 293 g/mol. The van der Waals surface area contributed by atoms with E-state index >= 15 is 0 Å². The minimum Gasteiger partial charge on any atom is -0.326 e. The van der Waals surface area contributed by atoms with Crippen LogP contribution in [0.5, 0.6) is 0 Å². The number of sulfonamides is 1. The third kappa shape index (κ3) is 3.20. The molecule has 112 valence electrons. The minimum absolute atomic E-state index is 0.0231. The SMILES string of the molecule is Cc1ccncc1NS(=O)(=O)c1cc(C)c(F)c(CN)c1. The Hall–Kier alpha value is -1.99. The first-order chi connectivity index (χ1) is 9.85. The van der Waals surface area contributed by atoms with Gasteiger partial charge in [0.1, 0.15) is 5.82 Å². The van der Waals surface area contributed by atoms with Gasteiger partial charge in [0.2, 0.25) is 0 Å². The van der Waals surface area contributed by atoms with Crippen LogP contribution in [-0.2, 0) is 16.6 Å².